The number of unbranched alkanes of at least 4 members (excludes halogenated alkanes) is 3. The maximum atomic E-state index is 4.35. The van der Waals surface area contributed by atoms with Crippen LogP contribution in [0.15, 0.2) is 10.3 Å². The molecule has 0 aliphatic carbocycles. The van der Waals surface area contributed by atoms with Crippen LogP contribution in [0.3, 0.4) is 0 Å². The van der Waals surface area contributed by atoms with Crippen LogP contribution in [-0.2, 0) is 0 Å². The Morgan fingerprint density at radius 1 is 1.00 bits per heavy atom. The molecular weight excluding hydrogens is 254 g/mol. The predicted molar refractivity (Wildman–Crippen MR) is 87.9 cm³/mol. The van der Waals surface area contributed by atoms with E-state index >= 15 is 0 Å². The Bertz CT molecular complexity index is 210. The van der Waals surface area contributed by atoms with Gasteiger partial charge in [-0.05, 0) is 31.9 Å². The van der Waals surface area contributed by atoms with Crippen molar-refractivity contribution < 1.29 is 0 Å². The SMILES string of the molecule is CCCCN(CCCCCC(C)SC)/N=N\CCC. The van der Waals surface area contributed by atoms with Gasteiger partial charge in [-0.15, -0.1) is 0 Å². The fourth-order valence-electron chi connectivity index (χ4n) is 1.80. The van der Waals surface area contributed by atoms with Crippen molar-refractivity contribution in [3.8, 4) is 0 Å². The molecule has 3 nitrogen and oxygen atoms in total. The van der Waals surface area contributed by atoms with E-state index in [-0.39, 0.29) is 0 Å². The van der Waals surface area contributed by atoms with E-state index in [1.54, 1.807) is 0 Å². The lowest BCUT2D eigenvalue weighted by Crippen LogP contribution is -2.19. The third-order valence-electron chi connectivity index (χ3n) is 3.21. The van der Waals surface area contributed by atoms with E-state index in [1.807, 2.05) is 11.8 Å². The molecule has 0 rings (SSSR count). The molecule has 0 aromatic heterocycles. The number of nitrogens with zero attached hydrogens (tertiary/aromatic N) is 3. The summed E-state index contributed by atoms with van der Waals surface area (Å²) in [4.78, 5) is 0. The van der Waals surface area contributed by atoms with Crippen molar-refractivity contribution in [2.75, 3.05) is 25.9 Å². The topological polar surface area (TPSA) is 28.0 Å². The summed E-state index contributed by atoms with van der Waals surface area (Å²) >= 11 is 1.97. The largest absolute Gasteiger partial charge is 0.279 e. The fraction of sp³-hybridized carbons (Fsp3) is 1.00. The lowest BCUT2D eigenvalue weighted by molar-refractivity contribution is 0.254. The Morgan fingerprint density at radius 2 is 1.74 bits per heavy atom. The van der Waals surface area contributed by atoms with Crippen molar-refractivity contribution in [3.63, 3.8) is 0 Å². The summed E-state index contributed by atoms with van der Waals surface area (Å²) in [5, 5.41) is 11.6. The van der Waals surface area contributed by atoms with Gasteiger partial charge in [0.2, 0.25) is 0 Å². The molecule has 0 saturated carbocycles. The van der Waals surface area contributed by atoms with Crippen molar-refractivity contribution in [3.05, 3.63) is 0 Å². The first-order valence-corrected chi connectivity index (χ1v) is 9.18. The first-order chi connectivity index (χ1) is 9.24. The van der Waals surface area contributed by atoms with E-state index < -0.39 is 0 Å². The van der Waals surface area contributed by atoms with Crippen LogP contribution >= 0.6 is 11.8 Å². The lowest BCUT2D eigenvalue weighted by Gasteiger charge is -2.17. The van der Waals surface area contributed by atoms with E-state index in [2.05, 4.69) is 42.4 Å². The zero-order valence-corrected chi connectivity index (χ0v) is 14.2. The van der Waals surface area contributed by atoms with Gasteiger partial charge in [0.15, 0.2) is 0 Å². The molecule has 0 bridgehead atoms. The van der Waals surface area contributed by atoms with Gasteiger partial charge in [-0.25, -0.2) is 0 Å². The van der Waals surface area contributed by atoms with Gasteiger partial charge < -0.3 is 0 Å². The average Bonchev–Trinajstić information content (AvgIpc) is 2.43. The molecule has 4 heteroatoms. The molecule has 1 atom stereocenters. The Morgan fingerprint density at radius 3 is 2.37 bits per heavy atom. The molecule has 19 heavy (non-hydrogen) atoms. The minimum atomic E-state index is 0.806. The molecule has 0 aliphatic heterocycles. The van der Waals surface area contributed by atoms with Gasteiger partial charge in [0.1, 0.15) is 0 Å². The summed E-state index contributed by atoms with van der Waals surface area (Å²) in [5.74, 6) is 0. The van der Waals surface area contributed by atoms with Gasteiger partial charge in [0, 0.05) is 18.3 Å². The second-order valence-electron chi connectivity index (χ2n) is 5.16. The predicted octanol–water partition coefficient (Wildman–Crippen LogP) is 5.18. The average molecular weight is 288 g/mol. The minimum Gasteiger partial charge on any atom is -0.279 e. The van der Waals surface area contributed by atoms with E-state index in [9.17, 15) is 0 Å². The first kappa shape index (κ1) is 18.8. The minimum absolute atomic E-state index is 0.806. The standard InChI is InChI=1S/C15H33N3S/c1-5-7-13-18(17-16-12-6-2)14-10-8-9-11-15(3)19-4/h15H,5-14H2,1-4H3/b17-16-. The number of rotatable bonds is 13. The quantitative estimate of drug-likeness (QED) is 0.265. The monoisotopic (exact) mass is 287 g/mol. The van der Waals surface area contributed by atoms with Gasteiger partial charge in [-0.2, -0.15) is 16.9 Å². The van der Waals surface area contributed by atoms with Crippen molar-refractivity contribution in [2.24, 2.45) is 10.3 Å². The zero-order chi connectivity index (χ0) is 14.3. The summed E-state index contributed by atoms with van der Waals surface area (Å²) in [6, 6.07) is 0. The molecule has 0 N–H and O–H groups in total. The molecule has 0 fully saturated rings. The van der Waals surface area contributed by atoms with Crippen LogP contribution in [0.1, 0.15) is 65.7 Å². The van der Waals surface area contributed by atoms with E-state index in [0.29, 0.717) is 0 Å². The van der Waals surface area contributed by atoms with Crippen LogP contribution in [0.2, 0.25) is 0 Å². The first-order valence-electron chi connectivity index (χ1n) is 7.89. The highest BCUT2D eigenvalue weighted by atomic mass is 32.2. The highest BCUT2D eigenvalue weighted by Crippen LogP contribution is 2.14. The van der Waals surface area contributed by atoms with Crippen LogP contribution in [0.4, 0.5) is 0 Å². The van der Waals surface area contributed by atoms with Gasteiger partial charge in [0.25, 0.3) is 0 Å². The smallest absolute Gasteiger partial charge is 0.0617 e. The Hall–Kier alpha value is -0.250. The molecule has 0 spiro atoms. The highest BCUT2D eigenvalue weighted by molar-refractivity contribution is 7.99. The fourth-order valence-corrected chi connectivity index (χ4v) is 2.20. The third-order valence-corrected chi connectivity index (χ3v) is 4.25. The second kappa shape index (κ2) is 14.2. The van der Waals surface area contributed by atoms with E-state index in [1.165, 1.54) is 38.5 Å². The number of thioether (sulfide) groups is 1. The summed E-state index contributed by atoms with van der Waals surface area (Å²) in [7, 11) is 0. The second-order valence-corrected chi connectivity index (χ2v) is 6.43. The molecule has 0 heterocycles. The third kappa shape index (κ3) is 12.5. The van der Waals surface area contributed by atoms with Crippen molar-refractivity contribution in [2.45, 2.75) is 71.0 Å². The molecule has 0 saturated heterocycles. The highest BCUT2D eigenvalue weighted by Gasteiger charge is 2.02. The lowest BCUT2D eigenvalue weighted by atomic mass is 10.1. The van der Waals surface area contributed by atoms with Crippen molar-refractivity contribution >= 4 is 11.8 Å². The van der Waals surface area contributed by atoms with Crippen LogP contribution in [0.5, 0.6) is 0 Å². The van der Waals surface area contributed by atoms with Crippen LogP contribution in [0, 0.1) is 0 Å². The molecule has 0 aromatic carbocycles. The zero-order valence-electron chi connectivity index (χ0n) is 13.4. The maximum absolute atomic E-state index is 4.35. The summed E-state index contributed by atoms with van der Waals surface area (Å²) in [5.41, 5.74) is 0. The normalized spacial score (nSPS) is 13.1. The van der Waals surface area contributed by atoms with E-state index in [0.717, 1.165) is 31.3 Å². The molecule has 0 radical (unpaired) electrons. The van der Waals surface area contributed by atoms with Crippen LogP contribution in [-0.4, -0.2) is 36.1 Å². The van der Waals surface area contributed by atoms with Gasteiger partial charge >= 0.3 is 0 Å². The maximum Gasteiger partial charge on any atom is 0.0617 e. The van der Waals surface area contributed by atoms with Crippen molar-refractivity contribution in [1.29, 1.82) is 0 Å². The summed E-state index contributed by atoms with van der Waals surface area (Å²) < 4.78 is 0. The molecule has 1 unspecified atom stereocenters. The van der Waals surface area contributed by atoms with Crippen LogP contribution in [0.25, 0.3) is 0 Å². The molecule has 114 valence electrons. The Kier molecular flexibility index (Phi) is 14.0. The molecular formula is C15H33N3S. The van der Waals surface area contributed by atoms with Gasteiger partial charge in [0.05, 0.1) is 6.54 Å². The molecule has 0 aliphatic rings. The van der Waals surface area contributed by atoms with Crippen molar-refractivity contribution in [1.82, 2.24) is 5.01 Å². The van der Waals surface area contributed by atoms with Gasteiger partial charge in [-0.3, -0.25) is 5.01 Å². The molecule has 0 amide bonds. The number of hydrogen-bond donors (Lipinski definition) is 0. The van der Waals surface area contributed by atoms with E-state index in [4.69, 9.17) is 0 Å². The Balaban J connectivity index is 3.72. The Labute approximate surface area is 124 Å². The summed E-state index contributed by atoms with van der Waals surface area (Å²) in [6.07, 6.45) is 11.0. The number of hydrogen-bond acceptors (Lipinski definition) is 3. The van der Waals surface area contributed by atoms with Gasteiger partial charge in [-0.1, -0.05) is 45.3 Å². The molecule has 0 aromatic rings. The summed E-state index contributed by atoms with van der Waals surface area (Å²) in [6.45, 7) is 9.67. The van der Waals surface area contributed by atoms with Crippen LogP contribution < -0.4 is 0 Å².